The molecule has 2 aromatic carbocycles. The van der Waals surface area contributed by atoms with E-state index in [4.69, 9.17) is 16.9 Å². The van der Waals surface area contributed by atoms with Gasteiger partial charge in [0.1, 0.15) is 0 Å². The first-order valence-corrected chi connectivity index (χ1v) is 11.0. The molecule has 2 saturated heterocycles. The Morgan fingerprint density at radius 1 is 1.14 bits per heavy atom. The number of hydrogen-bond acceptors (Lipinski definition) is 4. The molecule has 2 heterocycles. The average Bonchev–Trinajstić information content (AvgIpc) is 3.09. The number of nitrogens with zero attached hydrogens (tertiary/aromatic N) is 3. The first-order valence-electron chi connectivity index (χ1n) is 8.84. The fourth-order valence-corrected chi connectivity index (χ4v) is 6.00. The van der Waals surface area contributed by atoms with Crippen molar-refractivity contribution >= 4 is 33.2 Å². The van der Waals surface area contributed by atoms with Gasteiger partial charge in [-0.05, 0) is 42.3 Å². The third-order valence-corrected chi connectivity index (χ3v) is 7.45. The number of hydrogen-bond donors (Lipinski definition) is 0. The lowest BCUT2D eigenvalue weighted by Crippen LogP contribution is -2.37. The fourth-order valence-electron chi connectivity index (χ4n) is 3.88. The Morgan fingerprint density at radius 2 is 1.82 bits per heavy atom. The van der Waals surface area contributed by atoms with E-state index in [1.54, 1.807) is 46.2 Å². The summed E-state index contributed by atoms with van der Waals surface area (Å²) in [6, 6.07) is 13.3. The van der Waals surface area contributed by atoms with E-state index >= 15 is 0 Å². The van der Waals surface area contributed by atoms with Crippen molar-refractivity contribution < 1.29 is 13.2 Å². The van der Waals surface area contributed by atoms with Gasteiger partial charge in [-0.3, -0.25) is 4.90 Å². The van der Waals surface area contributed by atoms with Crippen molar-refractivity contribution in [3.8, 4) is 6.07 Å². The van der Waals surface area contributed by atoms with Crippen LogP contribution >= 0.6 is 11.6 Å². The van der Waals surface area contributed by atoms with Crippen LogP contribution in [0, 0.1) is 18.3 Å². The summed E-state index contributed by atoms with van der Waals surface area (Å²) in [5.74, 6) is -0.103. The molecule has 4 rings (SSSR count). The summed E-state index contributed by atoms with van der Waals surface area (Å²) in [6.45, 7) is 2.16. The van der Waals surface area contributed by atoms with Crippen LogP contribution < -0.4 is 4.90 Å². The molecular weight excluding hydrogens is 398 g/mol. The molecule has 0 radical (unpaired) electrons. The molecule has 2 aliphatic heterocycles. The Labute approximate surface area is 168 Å². The van der Waals surface area contributed by atoms with Crippen LogP contribution in [0.15, 0.2) is 42.5 Å². The number of halogens is 1. The largest absolute Gasteiger partial charge is 0.325 e. The second-order valence-electron chi connectivity index (χ2n) is 7.23. The highest BCUT2D eigenvalue weighted by molar-refractivity contribution is 7.91. The topological polar surface area (TPSA) is 81.5 Å². The van der Waals surface area contributed by atoms with Gasteiger partial charge >= 0.3 is 6.03 Å². The maximum absolute atomic E-state index is 13.2. The van der Waals surface area contributed by atoms with Gasteiger partial charge < -0.3 is 4.90 Å². The lowest BCUT2D eigenvalue weighted by molar-refractivity contribution is 0.206. The van der Waals surface area contributed by atoms with Crippen LogP contribution in [-0.4, -0.2) is 42.9 Å². The third kappa shape index (κ3) is 3.23. The van der Waals surface area contributed by atoms with E-state index in [2.05, 4.69) is 6.07 Å². The standard InChI is InChI=1S/C20H18ClN3O3S/c1-13-2-7-16(8-17(13)21)24-19-12-28(26,27)11-18(19)23(20(24)25)10-15-5-3-14(9-22)4-6-15/h2-8,18-19H,10-12H2,1H3/t18-,19+/m1/s1. The summed E-state index contributed by atoms with van der Waals surface area (Å²) >= 11 is 6.24. The summed E-state index contributed by atoms with van der Waals surface area (Å²) in [7, 11) is -3.24. The SMILES string of the molecule is Cc1ccc(N2C(=O)N(Cc3ccc(C#N)cc3)[C@@H]3CS(=O)(=O)C[C@@H]32)cc1Cl. The molecule has 0 N–H and O–H groups in total. The van der Waals surface area contributed by atoms with Gasteiger partial charge in [-0.15, -0.1) is 0 Å². The average molecular weight is 416 g/mol. The molecule has 0 bridgehead atoms. The number of benzene rings is 2. The number of sulfone groups is 1. The molecule has 2 aromatic rings. The number of aryl methyl sites for hydroxylation is 1. The lowest BCUT2D eigenvalue weighted by atomic mass is 10.1. The van der Waals surface area contributed by atoms with Crippen molar-refractivity contribution in [1.29, 1.82) is 5.26 Å². The molecule has 0 unspecified atom stereocenters. The van der Waals surface area contributed by atoms with Crippen LogP contribution in [0.3, 0.4) is 0 Å². The molecule has 144 valence electrons. The lowest BCUT2D eigenvalue weighted by Gasteiger charge is -2.23. The van der Waals surface area contributed by atoms with E-state index < -0.39 is 21.9 Å². The highest BCUT2D eigenvalue weighted by atomic mass is 35.5. The summed E-state index contributed by atoms with van der Waals surface area (Å²) in [5.41, 5.74) is 2.88. The first-order chi connectivity index (χ1) is 13.3. The molecule has 0 spiro atoms. The number of amides is 2. The van der Waals surface area contributed by atoms with Crippen LogP contribution in [0.2, 0.25) is 5.02 Å². The zero-order chi connectivity index (χ0) is 20.1. The smallest absolute Gasteiger partial charge is 0.314 e. The molecular formula is C20H18ClN3O3S. The van der Waals surface area contributed by atoms with Crippen LogP contribution in [0.1, 0.15) is 16.7 Å². The highest BCUT2D eigenvalue weighted by Gasteiger charge is 2.53. The third-order valence-electron chi connectivity index (χ3n) is 5.35. The number of carbonyl (C=O) groups excluding carboxylic acids is 1. The predicted molar refractivity (Wildman–Crippen MR) is 107 cm³/mol. The Bertz CT molecular complexity index is 1090. The van der Waals surface area contributed by atoms with Gasteiger partial charge in [0, 0.05) is 17.3 Å². The second-order valence-corrected chi connectivity index (χ2v) is 9.80. The Hall–Kier alpha value is -2.56. The van der Waals surface area contributed by atoms with E-state index in [9.17, 15) is 13.2 Å². The minimum atomic E-state index is -3.24. The minimum Gasteiger partial charge on any atom is -0.314 e. The zero-order valence-corrected chi connectivity index (χ0v) is 16.7. The number of rotatable bonds is 3. The fraction of sp³-hybridized carbons (Fsp3) is 0.300. The number of anilines is 1. The quantitative estimate of drug-likeness (QED) is 0.721. The van der Waals surface area contributed by atoms with Crippen molar-refractivity contribution in [3.63, 3.8) is 0 Å². The van der Waals surface area contributed by atoms with Crippen LogP contribution in [0.5, 0.6) is 0 Å². The first kappa shape index (κ1) is 18.8. The molecule has 0 saturated carbocycles. The minimum absolute atomic E-state index is 0.0459. The maximum atomic E-state index is 13.2. The Kier molecular flexibility index (Phi) is 4.56. The van der Waals surface area contributed by atoms with Crippen LogP contribution in [0.25, 0.3) is 0 Å². The van der Waals surface area contributed by atoms with E-state index in [-0.39, 0.29) is 24.1 Å². The molecule has 2 atom stereocenters. The van der Waals surface area contributed by atoms with Crippen molar-refractivity contribution in [2.24, 2.45) is 0 Å². The second kappa shape index (κ2) is 6.80. The Balaban J connectivity index is 1.69. The molecule has 2 fully saturated rings. The van der Waals surface area contributed by atoms with Gasteiger partial charge in [0.25, 0.3) is 0 Å². The van der Waals surface area contributed by atoms with E-state index in [0.29, 0.717) is 16.3 Å². The van der Waals surface area contributed by atoms with Crippen molar-refractivity contribution in [1.82, 2.24) is 4.90 Å². The van der Waals surface area contributed by atoms with E-state index in [1.807, 2.05) is 13.0 Å². The summed E-state index contributed by atoms with van der Waals surface area (Å²) in [4.78, 5) is 16.4. The van der Waals surface area contributed by atoms with Crippen molar-refractivity contribution in [3.05, 3.63) is 64.2 Å². The van der Waals surface area contributed by atoms with Gasteiger partial charge in [0.15, 0.2) is 9.84 Å². The van der Waals surface area contributed by atoms with Crippen molar-refractivity contribution in [2.45, 2.75) is 25.6 Å². The van der Waals surface area contributed by atoms with E-state index in [1.165, 1.54) is 0 Å². The number of nitriles is 1. The summed E-state index contributed by atoms with van der Waals surface area (Å²) < 4.78 is 24.6. The molecule has 2 aliphatic rings. The van der Waals surface area contributed by atoms with Gasteiger partial charge in [0.05, 0.1) is 35.2 Å². The number of carbonyl (C=O) groups is 1. The van der Waals surface area contributed by atoms with Gasteiger partial charge in [-0.2, -0.15) is 5.26 Å². The molecule has 0 aromatic heterocycles. The van der Waals surface area contributed by atoms with Gasteiger partial charge in [-0.25, -0.2) is 13.2 Å². The zero-order valence-electron chi connectivity index (χ0n) is 15.2. The van der Waals surface area contributed by atoms with Gasteiger partial charge in [-0.1, -0.05) is 29.8 Å². The summed E-state index contributed by atoms with van der Waals surface area (Å²) in [5, 5.41) is 9.47. The normalized spacial score (nSPS) is 23.0. The van der Waals surface area contributed by atoms with Crippen LogP contribution in [0.4, 0.5) is 10.5 Å². The number of urea groups is 1. The predicted octanol–water partition coefficient (Wildman–Crippen LogP) is 3.13. The summed E-state index contributed by atoms with van der Waals surface area (Å²) in [6.07, 6.45) is 0. The highest BCUT2D eigenvalue weighted by Crippen LogP contribution is 2.37. The monoisotopic (exact) mass is 415 g/mol. The van der Waals surface area contributed by atoms with Gasteiger partial charge in [0.2, 0.25) is 0 Å². The molecule has 2 amide bonds. The maximum Gasteiger partial charge on any atom is 0.325 e. The molecule has 0 aliphatic carbocycles. The van der Waals surface area contributed by atoms with Crippen molar-refractivity contribution in [2.75, 3.05) is 16.4 Å². The molecule has 6 nitrogen and oxygen atoms in total. The molecule has 28 heavy (non-hydrogen) atoms. The number of fused-ring (bicyclic) bond motifs is 1. The van der Waals surface area contributed by atoms with Crippen LogP contribution in [-0.2, 0) is 16.4 Å². The van der Waals surface area contributed by atoms with E-state index in [0.717, 1.165) is 11.1 Å². The molecule has 8 heteroatoms. The Morgan fingerprint density at radius 3 is 2.46 bits per heavy atom.